The van der Waals surface area contributed by atoms with Crippen molar-refractivity contribution >= 4 is 50.9 Å². The molecule has 8 nitrogen and oxygen atoms in total. The van der Waals surface area contributed by atoms with Gasteiger partial charge in [0, 0.05) is 28.9 Å². The molecule has 1 atom stereocenters. The molecule has 1 N–H and O–H groups in total. The van der Waals surface area contributed by atoms with Crippen LogP contribution in [0.2, 0.25) is 5.02 Å². The lowest BCUT2D eigenvalue weighted by Crippen LogP contribution is -2.54. The molecule has 0 aromatic heterocycles. The maximum atomic E-state index is 14.6. The van der Waals surface area contributed by atoms with Gasteiger partial charge in [-0.05, 0) is 92.8 Å². The van der Waals surface area contributed by atoms with E-state index in [1.807, 2.05) is 57.4 Å². The zero-order chi connectivity index (χ0) is 34.0. The lowest BCUT2D eigenvalue weighted by atomic mass is 10.0. The fourth-order valence-electron chi connectivity index (χ4n) is 5.02. The number of halogens is 1. The molecular weight excluding hydrogens is 654 g/mol. The van der Waals surface area contributed by atoms with E-state index >= 15 is 0 Å². The van der Waals surface area contributed by atoms with E-state index in [9.17, 15) is 18.0 Å². The standard InChI is InChI=1S/C36H40ClN3O5S2/c1-5-45-30-17-15-29(16-18-30)40(47(43,44)32-21-19-31(46-4)20-22-32)25-35(41)39(24-28-13-9-10-14-33(28)37)34(36(42)38-26(2)3)23-27-11-7-6-8-12-27/h6-22,26,34H,5,23-25H2,1-4H3,(H,38,42)/t34-/m0/s1. The molecule has 0 radical (unpaired) electrons. The number of hydrogen-bond donors (Lipinski definition) is 1. The van der Waals surface area contributed by atoms with Crippen LogP contribution >= 0.6 is 23.4 Å². The van der Waals surface area contributed by atoms with E-state index in [1.54, 1.807) is 60.7 Å². The number of anilines is 1. The first-order valence-corrected chi connectivity index (χ1v) is 18.3. The highest BCUT2D eigenvalue weighted by Gasteiger charge is 2.35. The Labute approximate surface area is 287 Å². The third-order valence-electron chi connectivity index (χ3n) is 7.36. The van der Waals surface area contributed by atoms with Crippen molar-refractivity contribution in [3.63, 3.8) is 0 Å². The van der Waals surface area contributed by atoms with Crippen molar-refractivity contribution in [2.75, 3.05) is 23.7 Å². The van der Waals surface area contributed by atoms with Gasteiger partial charge >= 0.3 is 0 Å². The summed E-state index contributed by atoms with van der Waals surface area (Å²) < 4.78 is 35.2. The van der Waals surface area contributed by atoms with Crippen LogP contribution in [0, 0.1) is 0 Å². The van der Waals surface area contributed by atoms with Gasteiger partial charge < -0.3 is 15.0 Å². The van der Waals surface area contributed by atoms with Gasteiger partial charge in [-0.25, -0.2) is 8.42 Å². The van der Waals surface area contributed by atoms with Crippen LogP contribution in [0.3, 0.4) is 0 Å². The average Bonchev–Trinajstić information content (AvgIpc) is 3.06. The molecule has 47 heavy (non-hydrogen) atoms. The van der Waals surface area contributed by atoms with Gasteiger partial charge in [0.25, 0.3) is 10.0 Å². The van der Waals surface area contributed by atoms with Crippen LogP contribution in [0.15, 0.2) is 113 Å². The van der Waals surface area contributed by atoms with Gasteiger partial charge in [0.05, 0.1) is 17.2 Å². The van der Waals surface area contributed by atoms with Crippen LogP contribution in [-0.4, -0.2) is 56.6 Å². The van der Waals surface area contributed by atoms with Crippen molar-refractivity contribution in [1.82, 2.24) is 10.2 Å². The maximum absolute atomic E-state index is 14.6. The van der Waals surface area contributed by atoms with E-state index in [0.717, 1.165) is 14.8 Å². The highest BCUT2D eigenvalue weighted by atomic mass is 35.5. The number of carbonyl (C=O) groups is 2. The molecule has 0 fully saturated rings. The number of hydrogen-bond acceptors (Lipinski definition) is 6. The van der Waals surface area contributed by atoms with E-state index < -0.39 is 28.5 Å². The second-order valence-electron chi connectivity index (χ2n) is 11.1. The molecular formula is C36H40ClN3O5S2. The van der Waals surface area contributed by atoms with E-state index in [2.05, 4.69) is 5.32 Å². The van der Waals surface area contributed by atoms with Crippen LogP contribution < -0.4 is 14.4 Å². The number of ether oxygens (including phenoxy) is 1. The van der Waals surface area contributed by atoms with Crippen LogP contribution in [-0.2, 0) is 32.6 Å². The van der Waals surface area contributed by atoms with E-state index in [0.29, 0.717) is 22.9 Å². The summed E-state index contributed by atoms with van der Waals surface area (Å²) in [6.45, 7) is 5.42. The lowest BCUT2D eigenvalue weighted by molar-refractivity contribution is -0.140. The molecule has 4 aromatic carbocycles. The molecule has 4 rings (SSSR count). The lowest BCUT2D eigenvalue weighted by Gasteiger charge is -2.34. The molecule has 0 aliphatic rings. The number of benzene rings is 4. The SMILES string of the molecule is CCOc1ccc(N(CC(=O)N(Cc2ccccc2Cl)[C@@H](Cc2ccccc2)C(=O)NC(C)C)S(=O)(=O)c2ccc(SC)cc2)cc1. The Hall–Kier alpha value is -3.99. The molecule has 11 heteroatoms. The van der Waals surface area contributed by atoms with Gasteiger partial charge in [-0.1, -0.05) is 60.1 Å². The summed E-state index contributed by atoms with van der Waals surface area (Å²) in [5.41, 5.74) is 1.75. The summed E-state index contributed by atoms with van der Waals surface area (Å²) in [5, 5.41) is 3.38. The van der Waals surface area contributed by atoms with Crippen LogP contribution in [0.4, 0.5) is 5.69 Å². The quantitative estimate of drug-likeness (QED) is 0.137. The molecule has 4 aromatic rings. The fourth-order valence-corrected chi connectivity index (χ4v) is 7.04. The molecule has 0 spiro atoms. The topological polar surface area (TPSA) is 96.0 Å². The fraction of sp³-hybridized carbons (Fsp3) is 0.278. The summed E-state index contributed by atoms with van der Waals surface area (Å²) in [6, 6.07) is 28.4. The Morgan fingerprint density at radius 3 is 2.13 bits per heavy atom. The van der Waals surface area contributed by atoms with Crippen molar-refractivity contribution in [3.8, 4) is 5.75 Å². The Balaban J connectivity index is 1.81. The second kappa shape index (κ2) is 16.7. The zero-order valence-electron chi connectivity index (χ0n) is 26.9. The average molecular weight is 694 g/mol. The summed E-state index contributed by atoms with van der Waals surface area (Å²) in [5.74, 6) is -0.354. The van der Waals surface area contributed by atoms with Crippen molar-refractivity contribution in [2.45, 2.75) is 55.6 Å². The number of rotatable bonds is 15. The Morgan fingerprint density at radius 1 is 0.894 bits per heavy atom. The third kappa shape index (κ3) is 9.53. The number of nitrogens with zero attached hydrogens (tertiary/aromatic N) is 2. The number of thioether (sulfide) groups is 1. The Morgan fingerprint density at radius 2 is 1.53 bits per heavy atom. The predicted octanol–water partition coefficient (Wildman–Crippen LogP) is 6.82. The first kappa shape index (κ1) is 35.9. The largest absolute Gasteiger partial charge is 0.494 e. The molecule has 0 aliphatic carbocycles. The Bertz CT molecular complexity index is 1730. The minimum atomic E-state index is -4.23. The highest BCUT2D eigenvalue weighted by molar-refractivity contribution is 7.98. The Kier molecular flexibility index (Phi) is 12.8. The van der Waals surface area contributed by atoms with Crippen molar-refractivity contribution in [1.29, 1.82) is 0 Å². The first-order chi connectivity index (χ1) is 22.5. The van der Waals surface area contributed by atoms with Crippen LogP contribution in [0.1, 0.15) is 31.9 Å². The maximum Gasteiger partial charge on any atom is 0.264 e. The van der Waals surface area contributed by atoms with E-state index in [4.69, 9.17) is 16.3 Å². The second-order valence-corrected chi connectivity index (χ2v) is 14.2. The molecule has 0 bridgehead atoms. The number of sulfonamides is 1. The first-order valence-electron chi connectivity index (χ1n) is 15.3. The molecule has 248 valence electrons. The molecule has 0 unspecified atom stereocenters. The van der Waals surface area contributed by atoms with Gasteiger partial charge in [-0.3, -0.25) is 13.9 Å². The van der Waals surface area contributed by atoms with E-state index in [-0.39, 0.29) is 35.5 Å². The van der Waals surface area contributed by atoms with Gasteiger partial charge in [0.2, 0.25) is 11.8 Å². The van der Waals surface area contributed by atoms with Gasteiger partial charge in [-0.2, -0.15) is 0 Å². The van der Waals surface area contributed by atoms with Gasteiger partial charge in [0.15, 0.2) is 0 Å². The smallest absolute Gasteiger partial charge is 0.264 e. The van der Waals surface area contributed by atoms with E-state index in [1.165, 1.54) is 28.8 Å². The summed E-state index contributed by atoms with van der Waals surface area (Å²) in [7, 11) is -4.23. The highest BCUT2D eigenvalue weighted by Crippen LogP contribution is 2.28. The van der Waals surface area contributed by atoms with Gasteiger partial charge in [0.1, 0.15) is 18.3 Å². The van der Waals surface area contributed by atoms with Crippen molar-refractivity contribution < 1.29 is 22.7 Å². The predicted molar refractivity (Wildman–Crippen MR) is 190 cm³/mol. The number of carbonyl (C=O) groups excluding carboxylic acids is 2. The minimum Gasteiger partial charge on any atom is -0.494 e. The monoisotopic (exact) mass is 693 g/mol. The molecule has 0 heterocycles. The summed E-state index contributed by atoms with van der Waals surface area (Å²) >= 11 is 8.06. The third-order valence-corrected chi connectivity index (χ3v) is 10.3. The zero-order valence-corrected chi connectivity index (χ0v) is 29.3. The molecule has 2 amide bonds. The minimum absolute atomic E-state index is 0.0128. The van der Waals surface area contributed by atoms with Crippen LogP contribution in [0.25, 0.3) is 0 Å². The molecule has 0 saturated heterocycles. The van der Waals surface area contributed by atoms with Crippen molar-refractivity contribution in [3.05, 3.63) is 119 Å². The van der Waals surface area contributed by atoms with Crippen molar-refractivity contribution in [2.24, 2.45) is 0 Å². The number of nitrogens with one attached hydrogen (secondary N) is 1. The number of amides is 2. The molecule has 0 aliphatic heterocycles. The van der Waals surface area contributed by atoms with Gasteiger partial charge in [-0.15, -0.1) is 11.8 Å². The molecule has 0 saturated carbocycles. The summed E-state index contributed by atoms with van der Waals surface area (Å²) in [4.78, 5) is 30.8. The summed E-state index contributed by atoms with van der Waals surface area (Å²) in [6.07, 6.45) is 2.12. The van der Waals surface area contributed by atoms with Crippen LogP contribution in [0.5, 0.6) is 5.75 Å². The normalized spacial score (nSPS) is 12.0.